The topological polar surface area (TPSA) is 211 Å². The van der Waals surface area contributed by atoms with E-state index in [0.717, 1.165) is 57.8 Å². The van der Waals surface area contributed by atoms with Crippen molar-refractivity contribution >= 4 is 19.8 Å². The van der Waals surface area contributed by atoms with E-state index in [0.29, 0.717) is 12.8 Å². The standard InChI is InChI=1S/C45H86NO13P/c1-3-5-7-9-11-13-15-17-18-20-22-24-26-28-30-32-42(49)59-39(35-55-41(48)31-29-27-25-23-21-19-16-14-12-10-8-6-4-2)36-58-60(53,54)57-34-33-46-38-45(52)44(51)43(50)40(47)37-56-45/h17-18,39-40,43-44,46-47,50-52H,3-16,19-38H2,1-2H3,(H,53,54)/b18-17-/t39-,40-,43-,44+,45-/m1/s1. The molecular weight excluding hydrogens is 793 g/mol. The molecule has 1 heterocycles. The fraction of sp³-hybridized carbons (Fsp3) is 0.911. The third-order valence-electron chi connectivity index (χ3n) is 10.9. The van der Waals surface area contributed by atoms with Gasteiger partial charge in [-0.25, -0.2) is 4.57 Å². The second-order valence-corrected chi connectivity index (χ2v) is 18.0. The van der Waals surface area contributed by atoms with Crippen LogP contribution in [0.1, 0.15) is 194 Å². The van der Waals surface area contributed by atoms with Crippen LogP contribution in [0.3, 0.4) is 0 Å². The van der Waals surface area contributed by atoms with Gasteiger partial charge in [0.25, 0.3) is 0 Å². The van der Waals surface area contributed by atoms with Gasteiger partial charge in [0.1, 0.15) is 24.9 Å². The lowest BCUT2D eigenvalue weighted by Crippen LogP contribution is -2.64. The normalized spacial score (nSPS) is 20.9. The second kappa shape index (κ2) is 37.0. The highest BCUT2D eigenvalue weighted by molar-refractivity contribution is 7.47. The average Bonchev–Trinajstić information content (AvgIpc) is 3.22. The maximum Gasteiger partial charge on any atom is 0.472 e. The molecule has 0 amide bonds. The van der Waals surface area contributed by atoms with E-state index in [2.05, 4.69) is 31.3 Å². The molecule has 0 bridgehead atoms. The summed E-state index contributed by atoms with van der Waals surface area (Å²) >= 11 is 0. The van der Waals surface area contributed by atoms with Crippen molar-refractivity contribution in [2.24, 2.45) is 0 Å². The molecule has 0 aliphatic carbocycles. The van der Waals surface area contributed by atoms with Crippen molar-refractivity contribution in [2.75, 3.05) is 39.5 Å². The molecule has 14 nitrogen and oxygen atoms in total. The van der Waals surface area contributed by atoms with Crippen LogP contribution in [-0.2, 0) is 37.4 Å². The van der Waals surface area contributed by atoms with E-state index in [1.807, 2.05) is 0 Å². The lowest BCUT2D eigenvalue weighted by atomic mass is 9.97. The lowest BCUT2D eigenvalue weighted by Gasteiger charge is -2.41. The molecule has 1 fully saturated rings. The number of carbonyl (C=O) groups is 2. The molecule has 1 saturated heterocycles. The number of phosphoric ester groups is 1. The predicted molar refractivity (Wildman–Crippen MR) is 234 cm³/mol. The summed E-state index contributed by atoms with van der Waals surface area (Å²) in [6.07, 6.45) is 29.2. The third kappa shape index (κ3) is 30.6. The zero-order valence-corrected chi connectivity index (χ0v) is 38.3. The van der Waals surface area contributed by atoms with Crippen molar-refractivity contribution in [3.8, 4) is 0 Å². The molecule has 0 saturated carbocycles. The van der Waals surface area contributed by atoms with E-state index >= 15 is 0 Å². The first-order chi connectivity index (χ1) is 28.9. The molecule has 0 aromatic heterocycles. The number of rotatable bonds is 41. The number of carbonyl (C=O) groups excluding carboxylic acids is 2. The molecule has 0 aromatic carbocycles. The molecule has 60 heavy (non-hydrogen) atoms. The Kier molecular flexibility index (Phi) is 34.9. The highest BCUT2D eigenvalue weighted by Gasteiger charge is 2.48. The highest BCUT2D eigenvalue weighted by Crippen LogP contribution is 2.43. The molecule has 0 radical (unpaired) electrons. The summed E-state index contributed by atoms with van der Waals surface area (Å²) in [4.78, 5) is 35.6. The summed E-state index contributed by atoms with van der Waals surface area (Å²) in [7, 11) is -4.65. The Morgan fingerprint density at radius 3 is 1.68 bits per heavy atom. The number of esters is 2. The van der Waals surface area contributed by atoms with Crippen LogP contribution in [0.15, 0.2) is 12.2 Å². The van der Waals surface area contributed by atoms with E-state index in [1.54, 1.807) is 0 Å². The SMILES string of the molecule is CCCCCCCC/C=C\CCCCCCCC(=O)O[C@H](COC(=O)CCCCCCCCCCCCCCC)COP(=O)(O)OCCNC[C@@]1(O)OC[C@@H](O)[C@@H](O)[C@@H]1O. The number of aliphatic hydroxyl groups is 4. The Hall–Kier alpha value is -1.45. The molecule has 6 atom stereocenters. The number of ether oxygens (including phenoxy) is 3. The van der Waals surface area contributed by atoms with Gasteiger partial charge in [0.05, 0.1) is 26.4 Å². The van der Waals surface area contributed by atoms with Crippen LogP contribution in [0.25, 0.3) is 0 Å². The van der Waals surface area contributed by atoms with Gasteiger partial charge >= 0.3 is 19.8 Å². The molecule has 6 N–H and O–H groups in total. The fourth-order valence-corrected chi connectivity index (χ4v) is 7.76. The Balaban J connectivity index is 2.42. The first-order valence-corrected chi connectivity index (χ1v) is 25.2. The summed E-state index contributed by atoms with van der Waals surface area (Å²) in [5, 5.41) is 42.6. The number of hydrogen-bond donors (Lipinski definition) is 6. The van der Waals surface area contributed by atoms with E-state index < -0.39 is 63.2 Å². The molecule has 1 aliphatic rings. The zero-order chi connectivity index (χ0) is 44.2. The number of nitrogens with one attached hydrogen (secondary N) is 1. The van der Waals surface area contributed by atoms with Gasteiger partial charge in [-0.05, 0) is 38.5 Å². The summed E-state index contributed by atoms with van der Waals surface area (Å²) in [6, 6.07) is 0. The number of allylic oxidation sites excluding steroid dienone is 2. The number of unbranched alkanes of at least 4 members (excludes halogenated alkanes) is 23. The first kappa shape index (κ1) is 56.6. The maximum absolute atomic E-state index is 12.8. The summed E-state index contributed by atoms with van der Waals surface area (Å²) < 4.78 is 38.7. The Labute approximate surface area is 362 Å². The maximum atomic E-state index is 12.8. The van der Waals surface area contributed by atoms with Crippen LogP contribution < -0.4 is 5.32 Å². The van der Waals surface area contributed by atoms with Gasteiger partial charge in [0.15, 0.2) is 6.10 Å². The van der Waals surface area contributed by atoms with Gasteiger partial charge in [-0.15, -0.1) is 0 Å². The smallest absolute Gasteiger partial charge is 0.462 e. The zero-order valence-electron chi connectivity index (χ0n) is 37.5. The first-order valence-electron chi connectivity index (χ1n) is 23.7. The highest BCUT2D eigenvalue weighted by atomic mass is 31.2. The minimum Gasteiger partial charge on any atom is -0.462 e. The summed E-state index contributed by atoms with van der Waals surface area (Å²) in [5.41, 5.74) is 0. The van der Waals surface area contributed by atoms with Crippen molar-refractivity contribution in [1.82, 2.24) is 5.32 Å². The van der Waals surface area contributed by atoms with Crippen molar-refractivity contribution in [1.29, 1.82) is 0 Å². The van der Waals surface area contributed by atoms with Crippen LogP contribution >= 0.6 is 7.82 Å². The molecule has 1 rings (SSSR count). The number of aliphatic hydroxyl groups excluding tert-OH is 3. The molecule has 1 unspecified atom stereocenters. The number of phosphoric acid groups is 1. The van der Waals surface area contributed by atoms with Crippen LogP contribution in [-0.4, -0.2) is 107 Å². The second-order valence-electron chi connectivity index (χ2n) is 16.6. The molecule has 0 aromatic rings. The Morgan fingerprint density at radius 1 is 0.700 bits per heavy atom. The predicted octanol–water partition coefficient (Wildman–Crippen LogP) is 8.48. The van der Waals surface area contributed by atoms with Crippen LogP contribution in [0.4, 0.5) is 0 Å². The van der Waals surface area contributed by atoms with Gasteiger partial charge in [-0.1, -0.05) is 154 Å². The molecule has 15 heteroatoms. The van der Waals surface area contributed by atoms with E-state index in [-0.39, 0.29) is 39.1 Å². The fourth-order valence-electron chi connectivity index (χ4n) is 7.01. The van der Waals surface area contributed by atoms with E-state index in [4.69, 9.17) is 23.3 Å². The van der Waals surface area contributed by atoms with Crippen molar-refractivity contribution in [3.63, 3.8) is 0 Å². The summed E-state index contributed by atoms with van der Waals surface area (Å²) in [5.74, 6) is -3.15. The molecule has 354 valence electrons. The largest absolute Gasteiger partial charge is 0.472 e. The quantitative estimate of drug-likeness (QED) is 0.0147. The molecule has 1 aliphatic heterocycles. The van der Waals surface area contributed by atoms with Crippen molar-refractivity contribution < 1.29 is 62.7 Å². The van der Waals surface area contributed by atoms with Crippen molar-refractivity contribution in [3.05, 3.63) is 12.2 Å². The monoisotopic (exact) mass is 880 g/mol. The van der Waals surface area contributed by atoms with Crippen LogP contribution in [0.2, 0.25) is 0 Å². The number of hydrogen-bond acceptors (Lipinski definition) is 13. The van der Waals surface area contributed by atoms with Gasteiger partial charge in [0.2, 0.25) is 5.79 Å². The van der Waals surface area contributed by atoms with Crippen LogP contribution in [0.5, 0.6) is 0 Å². The minimum absolute atomic E-state index is 0.0872. The van der Waals surface area contributed by atoms with Gasteiger partial charge < -0.3 is 44.8 Å². The lowest BCUT2D eigenvalue weighted by molar-refractivity contribution is -0.317. The van der Waals surface area contributed by atoms with Crippen molar-refractivity contribution in [2.45, 2.75) is 224 Å². The van der Waals surface area contributed by atoms with Crippen LogP contribution in [0, 0.1) is 0 Å². The van der Waals surface area contributed by atoms with E-state index in [9.17, 15) is 39.5 Å². The Bertz CT molecular complexity index is 1130. The Morgan fingerprint density at radius 2 is 1.17 bits per heavy atom. The summed E-state index contributed by atoms with van der Waals surface area (Å²) in [6.45, 7) is 2.36. The van der Waals surface area contributed by atoms with Gasteiger partial charge in [0, 0.05) is 19.4 Å². The third-order valence-corrected chi connectivity index (χ3v) is 11.9. The molecule has 0 spiro atoms. The van der Waals surface area contributed by atoms with Gasteiger partial charge in [-0.2, -0.15) is 0 Å². The average molecular weight is 880 g/mol. The minimum atomic E-state index is -4.65. The van der Waals surface area contributed by atoms with E-state index in [1.165, 1.54) is 96.3 Å². The molecular formula is C45H86NO13P. The van der Waals surface area contributed by atoms with Gasteiger partial charge in [-0.3, -0.25) is 18.6 Å².